The van der Waals surface area contributed by atoms with Gasteiger partial charge in [-0.3, -0.25) is 4.79 Å². The Hall–Kier alpha value is -3.00. The van der Waals surface area contributed by atoms with Crippen LogP contribution in [-0.2, 0) is 14.9 Å². The third kappa shape index (κ3) is 3.80. The van der Waals surface area contributed by atoms with Gasteiger partial charge in [0.15, 0.2) is 0 Å². The van der Waals surface area contributed by atoms with Crippen molar-refractivity contribution in [2.45, 2.75) is 18.8 Å². The molecule has 2 aromatic carbocycles. The van der Waals surface area contributed by atoms with Crippen molar-refractivity contribution in [1.29, 1.82) is 5.26 Å². The van der Waals surface area contributed by atoms with Gasteiger partial charge in [-0.25, -0.2) is 0 Å². The van der Waals surface area contributed by atoms with Gasteiger partial charge in [0.1, 0.15) is 16.9 Å². The molecule has 1 unspecified atom stereocenters. The van der Waals surface area contributed by atoms with Crippen molar-refractivity contribution in [3.63, 3.8) is 0 Å². The zero-order valence-electron chi connectivity index (χ0n) is 15.5. The molecule has 0 spiro atoms. The zero-order valence-corrected chi connectivity index (χ0v) is 15.5. The van der Waals surface area contributed by atoms with Gasteiger partial charge in [-0.1, -0.05) is 31.2 Å². The molecule has 136 valence electrons. The van der Waals surface area contributed by atoms with E-state index in [-0.39, 0.29) is 5.97 Å². The predicted molar refractivity (Wildman–Crippen MR) is 98.2 cm³/mol. The van der Waals surface area contributed by atoms with Crippen LogP contribution in [0.5, 0.6) is 11.5 Å². The molecule has 0 amide bonds. The SMILES string of the molecule is COC(=O)C(C)CC(C#N)(c1ccc(OC)cc1)c1ccc(OC)cc1. The predicted octanol–water partition coefficient (Wildman–Crippen LogP) is 3.71. The number of nitrogens with zero attached hydrogens (tertiary/aromatic N) is 1. The Balaban J connectivity index is 2.56. The van der Waals surface area contributed by atoms with E-state index in [9.17, 15) is 10.1 Å². The topological polar surface area (TPSA) is 68.6 Å². The number of hydrogen-bond acceptors (Lipinski definition) is 5. The molecule has 0 aliphatic heterocycles. The van der Waals surface area contributed by atoms with Gasteiger partial charge in [-0.05, 0) is 41.8 Å². The van der Waals surface area contributed by atoms with Gasteiger partial charge in [0.2, 0.25) is 0 Å². The van der Waals surface area contributed by atoms with Crippen LogP contribution in [0.1, 0.15) is 24.5 Å². The molecule has 2 rings (SSSR count). The molecule has 0 saturated heterocycles. The molecular formula is C21H23NO4. The van der Waals surface area contributed by atoms with Gasteiger partial charge in [-0.2, -0.15) is 5.26 Å². The van der Waals surface area contributed by atoms with Gasteiger partial charge >= 0.3 is 5.97 Å². The van der Waals surface area contributed by atoms with Crippen LogP contribution in [0.15, 0.2) is 48.5 Å². The van der Waals surface area contributed by atoms with Crippen LogP contribution < -0.4 is 9.47 Å². The molecule has 0 radical (unpaired) electrons. The summed E-state index contributed by atoms with van der Waals surface area (Å²) < 4.78 is 15.3. The minimum Gasteiger partial charge on any atom is -0.497 e. The Kier molecular flexibility index (Phi) is 6.24. The number of carbonyl (C=O) groups excluding carboxylic acids is 1. The van der Waals surface area contributed by atoms with Crippen LogP contribution in [-0.4, -0.2) is 27.3 Å². The van der Waals surface area contributed by atoms with E-state index in [0.29, 0.717) is 17.9 Å². The summed E-state index contributed by atoms with van der Waals surface area (Å²) in [4.78, 5) is 12.0. The van der Waals surface area contributed by atoms with Crippen LogP contribution in [0.2, 0.25) is 0 Å². The molecule has 0 saturated carbocycles. The van der Waals surface area contributed by atoms with E-state index in [4.69, 9.17) is 14.2 Å². The molecule has 0 fully saturated rings. The van der Waals surface area contributed by atoms with Crippen molar-refractivity contribution in [2.24, 2.45) is 5.92 Å². The van der Waals surface area contributed by atoms with E-state index < -0.39 is 11.3 Å². The van der Waals surface area contributed by atoms with Crippen molar-refractivity contribution in [1.82, 2.24) is 0 Å². The van der Waals surface area contributed by atoms with Gasteiger partial charge in [-0.15, -0.1) is 0 Å². The Morgan fingerprint density at radius 2 is 1.38 bits per heavy atom. The standard InChI is InChI=1S/C21H23NO4/c1-15(20(23)26-4)13-21(14-22,16-5-9-18(24-2)10-6-16)17-7-11-19(25-3)12-8-17/h5-12,15H,13H2,1-4H3. The molecule has 0 bridgehead atoms. The lowest BCUT2D eigenvalue weighted by atomic mass is 9.70. The summed E-state index contributed by atoms with van der Waals surface area (Å²) in [5.41, 5.74) is 0.593. The van der Waals surface area contributed by atoms with Crippen molar-refractivity contribution in [2.75, 3.05) is 21.3 Å². The van der Waals surface area contributed by atoms with Crippen LogP contribution in [0.4, 0.5) is 0 Å². The number of hydrogen-bond donors (Lipinski definition) is 0. The van der Waals surface area contributed by atoms with E-state index >= 15 is 0 Å². The van der Waals surface area contributed by atoms with Crippen LogP contribution in [0.3, 0.4) is 0 Å². The van der Waals surface area contributed by atoms with Crippen molar-refractivity contribution in [3.05, 3.63) is 59.7 Å². The summed E-state index contributed by atoms with van der Waals surface area (Å²) in [5.74, 6) is 0.628. The zero-order chi connectivity index (χ0) is 19.2. The van der Waals surface area contributed by atoms with E-state index in [1.165, 1.54) is 7.11 Å². The Labute approximate surface area is 154 Å². The highest BCUT2D eigenvalue weighted by Gasteiger charge is 2.38. The number of nitriles is 1. The second-order valence-electron chi connectivity index (χ2n) is 6.10. The molecule has 0 aliphatic rings. The molecule has 0 N–H and O–H groups in total. The maximum absolute atomic E-state index is 12.0. The maximum atomic E-state index is 12.0. The number of carbonyl (C=O) groups is 1. The second-order valence-corrected chi connectivity index (χ2v) is 6.10. The number of ether oxygens (including phenoxy) is 3. The molecule has 0 aliphatic carbocycles. The summed E-state index contributed by atoms with van der Waals surface area (Å²) in [5, 5.41) is 10.2. The summed E-state index contributed by atoms with van der Waals surface area (Å²) in [6.45, 7) is 1.77. The first kappa shape index (κ1) is 19.3. The van der Waals surface area contributed by atoms with E-state index in [1.54, 1.807) is 21.1 Å². The van der Waals surface area contributed by atoms with Gasteiger partial charge in [0.25, 0.3) is 0 Å². The maximum Gasteiger partial charge on any atom is 0.308 e. The number of rotatable bonds is 7. The molecule has 2 aromatic rings. The van der Waals surface area contributed by atoms with Crippen LogP contribution in [0.25, 0.3) is 0 Å². The minimum atomic E-state index is -0.994. The number of esters is 1. The summed E-state index contributed by atoms with van der Waals surface area (Å²) in [6.07, 6.45) is 0.300. The van der Waals surface area contributed by atoms with Crippen molar-refractivity contribution >= 4 is 5.97 Å². The third-order valence-electron chi connectivity index (χ3n) is 4.57. The molecule has 0 heterocycles. The molecule has 5 nitrogen and oxygen atoms in total. The molecule has 5 heteroatoms. The number of benzene rings is 2. The highest BCUT2D eigenvalue weighted by Crippen LogP contribution is 2.39. The third-order valence-corrected chi connectivity index (χ3v) is 4.57. The molecule has 1 atom stereocenters. The quantitative estimate of drug-likeness (QED) is 0.710. The smallest absolute Gasteiger partial charge is 0.308 e. The normalized spacial score (nSPS) is 12.0. The number of methoxy groups -OCH3 is 3. The van der Waals surface area contributed by atoms with Crippen molar-refractivity contribution < 1.29 is 19.0 Å². The molecule has 26 heavy (non-hydrogen) atoms. The lowest BCUT2D eigenvalue weighted by molar-refractivity contribution is -0.145. The highest BCUT2D eigenvalue weighted by atomic mass is 16.5. The lowest BCUT2D eigenvalue weighted by Crippen LogP contribution is -2.31. The van der Waals surface area contributed by atoms with Crippen molar-refractivity contribution in [3.8, 4) is 17.6 Å². The van der Waals surface area contributed by atoms with Gasteiger partial charge in [0.05, 0.1) is 33.3 Å². The summed E-state index contributed by atoms with van der Waals surface area (Å²) in [6, 6.07) is 17.1. The molecular weight excluding hydrogens is 330 g/mol. The first-order chi connectivity index (χ1) is 12.5. The second kappa shape index (κ2) is 8.39. The highest BCUT2D eigenvalue weighted by molar-refractivity contribution is 5.72. The summed E-state index contributed by atoms with van der Waals surface area (Å²) >= 11 is 0. The van der Waals surface area contributed by atoms with Gasteiger partial charge in [0, 0.05) is 0 Å². The van der Waals surface area contributed by atoms with E-state index in [0.717, 1.165) is 11.1 Å². The Morgan fingerprint density at radius 3 is 1.69 bits per heavy atom. The lowest BCUT2D eigenvalue weighted by Gasteiger charge is -2.30. The van der Waals surface area contributed by atoms with E-state index in [1.807, 2.05) is 48.5 Å². The van der Waals surface area contributed by atoms with E-state index in [2.05, 4.69) is 6.07 Å². The first-order valence-electron chi connectivity index (χ1n) is 8.29. The fraction of sp³-hybridized carbons (Fsp3) is 0.333. The Bertz CT molecular complexity index is 728. The average Bonchev–Trinajstić information content (AvgIpc) is 2.71. The largest absolute Gasteiger partial charge is 0.497 e. The first-order valence-corrected chi connectivity index (χ1v) is 8.29. The summed E-state index contributed by atoms with van der Waals surface area (Å²) in [7, 11) is 4.54. The minimum absolute atomic E-state index is 0.300. The van der Waals surface area contributed by atoms with Gasteiger partial charge < -0.3 is 14.2 Å². The fourth-order valence-electron chi connectivity index (χ4n) is 3.07. The average molecular weight is 353 g/mol. The monoisotopic (exact) mass is 353 g/mol. The van der Waals surface area contributed by atoms with Crippen LogP contribution >= 0.6 is 0 Å². The fourth-order valence-corrected chi connectivity index (χ4v) is 3.07. The van der Waals surface area contributed by atoms with Crippen LogP contribution in [0, 0.1) is 17.2 Å². The Morgan fingerprint density at radius 1 is 0.962 bits per heavy atom. The molecule has 0 aromatic heterocycles.